The fourth-order valence-corrected chi connectivity index (χ4v) is 4.02. The van der Waals surface area contributed by atoms with Crippen molar-refractivity contribution in [2.75, 3.05) is 43.4 Å². The smallest absolute Gasteiger partial charge is 0.265 e. The Bertz CT molecular complexity index is 1160. The topological polar surface area (TPSA) is 83.6 Å². The average molecular weight is 424 g/mol. The predicted octanol–water partition coefficient (Wildman–Crippen LogP) is 2.96. The maximum Gasteiger partial charge on any atom is 0.265 e. The number of nitrogens with zero attached hydrogens (tertiary/aromatic N) is 4. The second-order valence-electron chi connectivity index (χ2n) is 8.57. The molecule has 0 aliphatic carbocycles. The third kappa shape index (κ3) is 4.20. The number of hydrogen-bond acceptors (Lipinski definition) is 6. The average Bonchev–Trinajstić information content (AvgIpc) is 3.08. The second-order valence-corrected chi connectivity index (χ2v) is 8.57. The zero-order chi connectivity index (χ0) is 22.1. The van der Waals surface area contributed by atoms with Crippen molar-refractivity contribution in [3.8, 4) is 0 Å². The number of furan rings is 1. The van der Waals surface area contributed by atoms with E-state index in [1.165, 1.54) is 10.9 Å². The lowest BCUT2D eigenvalue weighted by atomic mass is 10.1. The number of carbonyl (C=O) groups is 1. The van der Waals surface area contributed by atoms with Crippen molar-refractivity contribution in [3.63, 3.8) is 0 Å². The summed E-state index contributed by atoms with van der Waals surface area (Å²) >= 11 is 0. The first-order chi connectivity index (χ1) is 14.8. The molecule has 1 N–H and O–H groups in total. The fraction of sp³-hybridized carbons (Fsp3) is 0.435. The Labute approximate surface area is 181 Å². The van der Waals surface area contributed by atoms with Crippen LogP contribution in [0, 0.1) is 12.8 Å². The first kappa shape index (κ1) is 21.1. The Hall–Kier alpha value is -3.13. The number of para-hydroxylation sites is 2. The van der Waals surface area contributed by atoms with Crippen LogP contribution in [-0.2, 0) is 6.54 Å². The van der Waals surface area contributed by atoms with Crippen LogP contribution in [0.5, 0.6) is 0 Å². The summed E-state index contributed by atoms with van der Waals surface area (Å²) in [5, 5.41) is 3.24. The lowest BCUT2D eigenvalue weighted by molar-refractivity contribution is 0.102. The summed E-state index contributed by atoms with van der Waals surface area (Å²) in [6.45, 7) is 9.99. The van der Waals surface area contributed by atoms with Crippen LogP contribution in [0.15, 0.2) is 39.8 Å². The summed E-state index contributed by atoms with van der Waals surface area (Å²) in [5.41, 5.74) is 1.88. The van der Waals surface area contributed by atoms with Gasteiger partial charge in [-0.2, -0.15) is 0 Å². The first-order valence-electron chi connectivity index (χ1n) is 10.7. The fourth-order valence-electron chi connectivity index (χ4n) is 4.02. The molecule has 0 spiro atoms. The molecule has 0 atom stereocenters. The largest absolute Gasteiger partial charge is 0.442 e. The van der Waals surface area contributed by atoms with E-state index in [0.29, 0.717) is 12.3 Å². The van der Waals surface area contributed by atoms with Crippen LogP contribution in [0.3, 0.4) is 0 Å². The van der Waals surface area contributed by atoms with Crippen LogP contribution in [0.4, 0.5) is 11.4 Å². The van der Waals surface area contributed by atoms with E-state index in [2.05, 4.69) is 27.1 Å². The summed E-state index contributed by atoms with van der Waals surface area (Å²) in [6, 6.07) is 7.76. The van der Waals surface area contributed by atoms with Crippen molar-refractivity contribution in [2.24, 2.45) is 5.92 Å². The number of rotatable bonds is 5. The minimum Gasteiger partial charge on any atom is -0.442 e. The summed E-state index contributed by atoms with van der Waals surface area (Å²) in [4.78, 5) is 35.2. The summed E-state index contributed by atoms with van der Waals surface area (Å²) in [6.07, 6.45) is 1.48. The Morgan fingerprint density at radius 2 is 1.90 bits per heavy atom. The molecular weight excluding hydrogens is 394 g/mol. The lowest BCUT2D eigenvalue weighted by Gasteiger charge is -2.35. The molecule has 1 saturated heterocycles. The van der Waals surface area contributed by atoms with E-state index in [4.69, 9.17) is 4.42 Å². The van der Waals surface area contributed by atoms with Gasteiger partial charge >= 0.3 is 0 Å². The highest BCUT2D eigenvalue weighted by atomic mass is 16.3. The van der Waals surface area contributed by atoms with E-state index in [1.54, 1.807) is 6.92 Å². The van der Waals surface area contributed by atoms with Crippen molar-refractivity contribution >= 4 is 28.4 Å². The predicted molar refractivity (Wildman–Crippen MR) is 122 cm³/mol. The number of likely N-dealkylation sites (N-methyl/N-ethyl adjacent to an activating group) is 1. The standard InChI is InChI=1S/C23H29N5O3/c1-15(2)13-28-14-24-22-20(23(28)30)19(16(3)31-22)21(29)25-17-7-5-6-8-18(17)27-11-9-26(4)10-12-27/h5-8,14-15H,9-13H2,1-4H3,(H,25,29). The van der Waals surface area contributed by atoms with Gasteiger partial charge in [0.25, 0.3) is 11.5 Å². The Balaban J connectivity index is 1.69. The molecule has 8 nitrogen and oxygen atoms in total. The molecule has 1 amide bonds. The van der Waals surface area contributed by atoms with Gasteiger partial charge in [0.15, 0.2) is 0 Å². The zero-order valence-corrected chi connectivity index (χ0v) is 18.5. The number of nitrogens with one attached hydrogen (secondary N) is 1. The van der Waals surface area contributed by atoms with Gasteiger partial charge in [0.2, 0.25) is 5.71 Å². The van der Waals surface area contributed by atoms with Crippen LogP contribution in [-0.4, -0.2) is 53.6 Å². The monoisotopic (exact) mass is 423 g/mol. The third-order valence-electron chi connectivity index (χ3n) is 5.64. The van der Waals surface area contributed by atoms with E-state index in [-0.39, 0.29) is 34.0 Å². The van der Waals surface area contributed by atoms with Gasteiger partial charge in [0.1, 0.15) is 17.5 Å². The van der Waals surface area contributed by atoms with Crippen molar-refractivity contribution < 1.29 is 9.21 Å². The molecular formula is C23H29N5O3. The maximum absolute atomic E-state index is 13.3. The van der Waals surface area contributed by atoms with Gasteiger partial charge in [-0.3, -0.25) is 14.2 Å². The molecule has 4 rings (SSSR count). The molecule has 0 bridgehead atoms. The van der Waals surface area contributed by atoms with Crippen LogP contribution in [0.25, 0.3) is 11.1 Å². The summed E-state index contributed by atoms with van der Waals surface area (Å²) in [7, 11) is 2.11. The number of hydrogen-bond donors (Lipinski definition) is 1. The van der Waals surface area contributed by atoms with E-state index in [1.807, 2.05) is 38.1 Å². The molecule has 0 unspecified atom stereocenters. The SMILES string of the molecule is Cc1oc2ncn(CC(C)C)c(=O)c2c1C(=O)Nc1ccccc1N1CCN(C)CC1. The van der Waals surface area contributed by atoms with Gasteiger partial charge in [-0.1, -0.05) is 26.0 Å². The van der Waals surface area contributed by atoms with Crippen LogP contribution >= 0.6 is 0 Å². The molecule has 1 aromatic carbocycles. The molecule has 1 fully saturated rings. The van der Waals surface area contributed by atoms with Crippen molar-refractivity contribution in [1.29, 1.82) is 0 Å². The number of anilines is 2. The van der Waals surface area contributed by atoms with Gasteiger partial charge in [-0.15, -0.1) is 0 Å². The minimum absolute atomic E-state index is 0.194. The lowest BCUT2D eigenvalue weighted by Crippen LogP contribution is -2.44. The number of amides is 1. The quantitative estimate of drug-likeness (QED) is 0.679. The summed E-state index contributed by atoms with van der Waals surface area (Å²) in [5.74, 6) is 0.299. The number of fused-ring (bicyclic) bond motifs is 1. The molecule has 1 aliphatic heterocycles. The molecule has 0 radical (unpaired) electrons. The summed E-state index contributed by atoms with van der Waals surface area (Å²) < 4.78 is 7.19. The van der Waals surface area contributed by atoms with E-state index in [0.717, 1.165) is 37.6 Å². The van der Waals surface area contributed by atoms with Gasteiger partial charge in [0.05, 0.1) is 16.9 Å². The second kappa shape index (κ2) is 8.55. The van der Waals surface area contributed by atoms with Gasteiger partial charge in [0, 0.05) is 32.7 Å². The van der Waals surface area contributed by atoms with E-state index < -0.39 is 0 Å². The van der Waals surface area contributed by atoms with Gasteiger partial charge in [-0.25, -0.2) is 4.98 Å². The molecule has 164 valence electrons. The van der Waals surface area contributed by atoms with Crippen molar-refractivity contribution in [1.82, 2.24) is 14.5 Å². The van der Waals surface area contributed by atoms with E-state index >= 15 is 0 Å². The molecule has 3 heterocycles. The number of aryl methyl sites for hydroxylation is 1. The van der Waals surface area contributed by atoms with Crippen molar-refractivity contribution in [2.45, 2.75) is 27.3 Å². The molecule has 0 saturated carbocycles. The Morgan fingerprint density at radius 3 is 2.61 bits per heavy atom. The number of carbonyl (C=O) groups excluding carboxylic acids is 1. The van der Waals surface area contributed by atoms with E-state index in [9.17, 15) is 9.59 Å². The van der Waals surface area contributed by atoms with Gasteiger partial charge < -0.3 is 19.5 Å². The van der Waals surface area contributed by atoms with Gasteiger partial charge in [-0.05, 0) is 32.0 Å². The maximum atomic E-state index is 13.3. The number of piperazine rings is 1. The normalized spacial score (nSPS) is 15.1. The number of benzene rings is 1. The highest BCUT2D eigenvalue weighted by molar-refractivity contribution is 6.13. The first-order valence-corrected chi connectivity index (χ1v) is 10.7. The molecule has 8 heteroatoms. The molecule has 31 heavy (non-hydrogen) atoms. The highest BCUT2D eigenvalue weighted by Crippen LogP contribution is 2.28. The molecule has 1 aliphatic rings. The van der Waals surface area contributed by atoms with Crippen LogP contribution < -0.4 is 15.8 Å². The van der Waals surface area contributed by atoms with Crippen molar-refractivity contribution in [3.05, 3.63) is 52.3 Å². The highest BCUT2D eigenvalue weighted by Gasteiger charge is 2.25. The molecule has 2 aromatic heterocycles. The van der Waals surface area contributed by atoms with Crippen LogP contribution in [0.2, 0.25) is 0 Å². The Morgan fingerprint density at radius 1 is 1.19 bits per heavy atom. The Kier molecular flexibility index (Phi) is 5.82. The minimum atomic E-state index is -0.362. The van der Waals surface area contributed by atoms with Crippen LogP contribution in [0.1, 0.15) is 30.0 Å². The molecule has 3 aromatic rings. The zero-order valence-electron chi connectivity index (χ0n) is 18.5. The number of aromatic nitrogens is 2. The third-order valence-corrected chi connectivity index (χ3v) is 5.64.